The van der Waals surface area contributed by atoms with Crippen molar-refractivity contribution in [3.63, 3.8) is 0 Å². The molecule has 0 spiro atoms. The van der Waals surface area contributed by atoms with Gasteiger partial charge in [-0.05, 0) is 115 Å². The zero-order valence-electron chi connectivity index (χ0n) is 60.8. The highest BCUT2D eigenvalue weighted by molar-refractivity contribution is 7.87. The SMILES string of the molecule is C.C.C.C.C.C.C.C.C.C.C.C.C.C.C.C.C.C.COCCOCC(CN(CC(COCCOC)OCCOC)CN(CC(COCCOCCOS(=O)(=O)c1ccc(C)cc1)OOCCCCOS(=O)(=O)c1ccc(C)cc1)CC(COOCCCCOS(=O)(=O)c1ccc(C)cc1)OOCCCCOS(=O)(=O)c1ccc(C)cc1)OCCOC. The van der Waals surface area contributed by atoms with E-state index >= 15 is 0 Å². The summed E-state index contributed by atoms with van der Waals surface area (Å²) in [7, 11) is -9.82. The molecule has 0 aliphatic rings. The van der Waals surface area contributed by atoms with Gasteiger partial charge in [-0.15, -0.1) is 0 Å². The summed E-state index contributed by atoms with van der Waals surface area (Å²) in [5.74, 6) is 0. The maximum atomic E-state index is 13.0. The second-order valence-corrected chi connectivity index (χ2v) is 30.1. The molecule has 0 aliphatic heterocycles. The van der Waals surface area contributed by atoms with Crippen LogP contribution in [0.15, 0.2) is 117 Å². The minimum absolute atomic E-state index is 0. The molecule has 0 aromatic heterocycles. The van der Waals surface area contributed by atoms with Crippen molar-refractivity contribution < 1.29 is 127 Å². The molecule has 121 heavy (non-hydrogen) atoms. The molecule has 0 bridgehead atoms. The standard InChI is InChI=1S/C69H110N2O28S4.18CH4/c1-58-15-23-66(24-16-58)100(72,73)94-34-12-9-31-90-93-56-65(99-92-33-11-14-36-96-102(76,77)68-27-19-60(3)20-28-68)52-71(57-70(49-62(88-46-39-82-7)53-85-41-37-80-5)50-63(89-47-40-83-8)54-86-42-38-81-6)51-64(98-91-32-10-13-35-95-101(74,75)67-25-17-59(2)18-26-67)55-87-44-43-84-45-48-97-103(78,79)69-29-21-61(4)22-30-69;;;;;;;;;;;;;;;;;;/h15-30,62-65H,9-14,31-57H2,1-8H3;18*1H4. The minimum Gasteiger partial charge on any atom is -0.382 e. The van der Waals surface area contributed by atoms with Crippen molar-refractivity contribution in [1.82, 2.24) is 9.80 Å². The van der Waals surface area contributed by atoms with Crippen molar-refractivity contribution in [2.45, 2.75) is 244 Å². The molecule has 732 valence electrons. The van der Waals surface area contributed by atoms with Crippen molar-refractivity contribution in [3.8, 4) is 0 Å². The van der Waals surface area contributed by atoms with Crippen LogP contribution in [0.2, 0.25) is 0 Å². The van der Waals surface area contributed by atoms with Crippen LogP contribution in [0, 0.1) is 27.7 Å². The summed E-state index contributed by atoms with van der Waals surface area (Å²) in [6.07, 6.45) is -1.17. The van der Waals surface area contributed by atoms with Gasteiger partial charge in [-0.1, -0.05) is 204 Å². The molecule has 0 heterocycles. The lowest BCUT2D eigenvalue weighted by Crippen LogP contribution is -2.52. The lowest BCUT2D eigenvalue weighted by molar-refractivity contribution is -0.369. The summed E-state index contributed by atoms with van der Waals surface area (Å²) in [4.78, 5) is 39.7. The highest BCUT2D eigenvalue weighted by atomic mass is 32.2. The number of rotatable bonds is 66. The third kappa shape index (κ3) is 68.7. The highest BCUT2D eigenvalue weighted by Crippen LogP contribution is 2.19. The molecule has 0 fully saturated rings. The van der Waals surface area contributed by atoms with Crippen LogP contribution in [0.25, 0.3) is 0 Å². The maximum Gasteiger partial charge on any atom is 0.297 e. The Kier molecular flexibility index (Phi) is 111. The van der Waals surface area contributed by atoms with Gasteiger partial charge in [0.1, 0.15) is 18.8 Å². The van der Waals surface area contributed by atoms with Crippen LogP contribution in [-0.4, -0.2) is 275 Å². The first-order valence-corrected chi connectivity index (χ1v) is 39.8. The monoisotopic (exact) mass is 1830 g/mol. The molecule has 4 unspecified atom stereocenters. The van der Waals surface area contributed by atoms with Gasteiger partial charge in [-0.3, -0.25) is 26.5 Å². The number of unbranched alkanes of at least 4 members (excludes halogenated alkanes) is 3. The quantitative estimate of drug-likeness (QED) is 0.0130. The molecule has 0 amide bonds. The third-order valence-corrected chi connectivity index (χ3v) is 20.0. The molecule has 4 aromatic carbocycles. The molecule has 0 N–H and O–H groups in total. The summed E-state index contributed by atoms with van der Waals surface area (Å²) in [6.45, 7) is 9.52. The van der Waals surface area contributed by atoms with E-state index in [1.165, 1.54) is 48.5 Å². The second-order valence-electron chi connectivity index (χ2n) is 23.7. The molecule has 0 saturated heterocycles. The van der Waals surface area contributed by atoms with Crippen molar-refractivity contribution >= 4 is 40.5 Å². The summed E-state index contributed by atoms with van der Waals surface area (Å²) >= 11 is 0. The second kappa shape index (κ2) is 89.2. The average Bonchev–Trinajstić information content (AvgIpc) is 0.879. The topological polar surface area (TPSA) is 328 Å². The normalized spacial score (nSPS) is 11.7. The summed E-state index contributed by atoms with van der Waals surface area (Å²) in [6, 6.07) is 25.3. The van der Waals surface area contributed by atoms with E-state index in [1.807, 2.05) is 32.6 Å². The predicted molar refractivity (Wildman–Crippen MR) is 498 cm³/mol. The number of benzene rings is 4. The van der Waals surface area contributed by atoms with Crippen LogP contribution in [0.5, 0.6) is 0 Å². The van der Waals surface area contributed by atoms with E-state index in [0.29, 0.717) is 38.9 Å². The molecule has 30 nitrogen and oxygen atoms in total. The lowest BCUT2D eigenvalue weighted by Gasteiger charge is -2.37. The average molecular weight is 1830 g/mol. The van der Waals surface area contributed by atoms with Crippen LogP contribution in [0.3, 0.4) is 0 Å². The third-order valence-electron chi connectivity index (χ3n) is 14.7. The Morgan fingerprint density at radius 1 is 0.248 bits per heavy atom. The van der Waals surface area contributed by atoms with Gasteiger partial charge < -0.3 is 47.4 Å². The van der Waals surface area contributed by atoms with Crippen LogP contribution in [0.4, 0.5) is 0 Å². The fourth-order valence-electron chi connectivity index (χ4n) is 9.15. The maximum absolute atomic E-state index is 13.0. The van der Waals surface area contributed by atoms with E-state index in [-0.39, 0.29) is 331 Å². The van der Waals surface area contributed by atoms with E-state index in [4.69, 9.17) is 93.4 Å². The molecular weight excluding hydrogens is 1650 g/mol. The zero-order valence-corrected chi connectivity index (χ0v) is 64.1. The first kappa shape index (κ1) is 151. The number of hydrogen-bond donors (Lipinski definition) is 0. The smallest absolute Gasteiger partial charge is 0.297 e. The largest absolute Gasteiger partial charge is 0.382 e. The number of aryl methyl sites for hydroxylation is 4. The van der Waals surface area contributed by atoms with Gasteiger partial charge in [0.05, 0.1) is 177 Å². The molecule has 0 aliphatic carbocycles. The Labute approximate surface area is 743 Å². The predicted octanol–water partition coefficient (Wildman–Crippen LogP) is 18.2. The number of nitrogens with zero attached hydrogens (tertiary/aromatic N) is 2. The van der Waals surface area contributed by atoms with Crippen molar-refractivity contribution in [3.05, 3.63) is 119 Å². The van der Waals surface area contributed by atoms with Crippen molar-refractivity contribution in [2.75, 3.05) is 207 Å². The Bertz CT molecular complexity index is 3070. The molecule has 4 rings (SSSR count). The highest BCUT2D eigenvalue weighted by Gasteiger charge is 2.29. The Hall–Kier alpha value is -4.20. The fraction of sp³-hybridized carbons (Fsp3) is 0.724. The van der Waals surface area contributed by atoms with Gasteiger partial charge in [0.15, 0.2) is 0 Å². The summed E-state index contributed by atoms with van der Waals surface area (Å²) < 4.78 is 183. The first-order chi connectivity index (χ1) is 49.6. The van der Waals surface area contributed by atoms with Crippen molar-refractivity contribution in [1.29, 1.82) is 0 Å². The van der Waals surface area contributed by atoms with Crippen LogP contribution in [0.1, 0.15) is 194 Å². The molecule has 0 radical (unpaired) electrons. The van der Waals surface area contributed by atoms with E-state index in [9.17, 15) is 33.7 Å². The Morgan fingerprint density at radius 2 is 0.479 bits per heavy atom. The molecule has 34 heteroatoms. The molecule has 4 aromatic rings. The molecule has 4 atom stereocenters. The van der Waals surface area contributed by atoms with Gasteiger partial charge in [-0.25, -0.2) is 29.3 Å². The van der Waals surface area contributed by atoms with Crippen LogP contribution < -0.4 is 0 Å². The first-order valence-electron chi connectivity index (χ1n) is 34.2. The van der Waals surface area contributed by atoms with Crippen molar-refractivity contribution in [2.24, 2.45) is 0 Å². The Morgan fingerprint density at radius 3 is 0.785 bits per heavy atom. The lowest BCUT2D eigenvalue weighted by atomic mass is 10.2. The van der Waals surface area contributed by atoms with Gasteiger partial charge in [0.2, 0.25) is 0 Å². The van der Waals surface area contributed by atoms with E-state index in [0.717, 1.165) is 22.3 Å². The number of methoxy groups -OCH3 is 4. The number of hydrogen-bond acceptors (Lipinski definition) is 30. The van der Waals surface area contributed by atoms with Gasteiger partial charge in [0, 0.05) is 54.6 Å². The van der Waals surface area contributed by atoms with Gasteiger partial charge in [-0.2, -0.15) is 33.7 Å². The Balaban J connectivity index is -0.000000480. The van der Waals surface area contributed by atoms with E-state index in [1.54, 1.807) is 77.0 Å². The fourth-order valence-corrected chi connectivity index (χ4v) is 12.9. The van der Waals surface area contributed by atoms with Crippen LogP contribution >= 0.6 is 0 Å². The minimum atomic E-state index is -4.04. The van der Waals surface area contributed by atoms with Gasteiger partial charge in [0.25, 0.3) is 40.5 Å². The summed E-state index contributed by atoms with van der Waals surface area (Å²) in [5.41, 5.74) is 3.57. The van der Waals surface area contributed by atoms with Gasteiger partial charge >= 0.3 is 0 Å². The van der Waals surface area contributed by atoms with E-state index < -0.39 is 64.9 Å². The summed E-state index contributed by atoms with van der Waals surface area (Å²) in [5, 5.41) is 0. The van der Waals surface area contributed by atoms with Crippen LogP contribution in [-0.2, 0) is 134 Å². The molecular formula is C87H182N2O28S4. The van der Waals surface area contributed by atoms with E-state index in [2.05, 4.69) is 4.90 Å². The zero-order chi connectivity index (χ0) is 74.9. The molecule has 0 saturated carbocycles. The number of ether oxygens (including phenoxy) is 10.